The number of halogens is 3. The van der Waals surface area contributed by atoms with Crippen LogP contribution in [-0.2, 0) is 11.3 Å². The van der Waals surface area contributed by atoms with Gasteiger partial charge in [-0.25, -0.2) is 4.98 Å². The number of rotatable bonds is 7. The molecule has 9 heteroatoms. The van der Waals surface area contributed by atoms with Crippen LogP contribution in [0.5, 0.6) is 0 Å². The maximum atomic E-state index is 12.8. The van der Waals surface area contributed by atoms with Gasteiger partial charge >= 0.3 is 6.18 Å². The fourth-order valence-corrected chi connectivity index (χ4v) is 2.82. The van der Waals surface area contributed by atoms with Crippen LogP contribution in [0, 0.1) is 0 Å². The lowest BCUT2D eigenvalue weighted by Crippen LogP contribution is -2.35. The molecular formula is C18H21F3N4O2. The minimum Gasteiger partial charge on any atom is -0.382 e. The van der Waals surface area contributed by atoms with Gasteiger partial charge in [0, 0.05) is 30.6 Å². The molecule has 0 aromatic carbocycles. The number of nitrogens with zero attached hydrogens (tertiary/aromatic N) is 2. The second kappa shape index (κ2) is 8.24. The topological polar surface area (TPSA) is 74.3 Å². The van der Waals surface area contributed by atoms with Gasteiger partial charge in [-0.3, -0.25) is 9.59 Å². The van der Waals surface area contributed by atoms with E-state index in [4.69, 9.17) is 0 Å². The van der Waals surface area contributed by atoms with Gasteiger partial charge in [0.15, 0.2) is 0 Å². The van der Waals surface area contributed by atoms with Gasteiger partial charge in [0.05, 0.1) is 12.6 Å². The molecule has 0 fully saturated rings. The molecule has 1 unspecified atom stereocenters. The number of carbonyl (C=O) groups excluding carboxylic acids is 2. The summed E-state index contributed by atoms with van der Waals surface area (Å²) in [5.74, 6) is 0.339. The molecule has 1 amide bonds. The van der Waals surface area contributed by atoms with Crippen molar-refractivity contribution in [2.45, 2.75) is 32.6 Å². The highest BCUT2D eigenvalue weighted by Gasteiger charge is 2.34. The van der Waals surface area contributed by atoms with Crippen LogP contribution >= 0.6 is 0 Å². The molecule has 0 saturated heterocycles. The van der Waals surface area contributed by atoms with E-state index in [2.05, 4.69) is 15.6 Å². The Kier molecular flexibility index (Phi) is 6.24. The number of hydrogen-bond donors (Lipinski definition) is 2. The SMILES string of the molecule is CNc1nccc2c1CN(C(C)C(C=C(C)C=O)=CNCC(F)(F)F)C2=O. The van der Waals surface area contributed by atoms with E-state index in [1.165, 1.54) is 23.4 Å². The predicted molar refractivity (Wildman–Crippen MR) is 95.1 cm³/mol. The van der Waals surface area contributed by atoms with Gasteiger partial charge in [-0.05, 0) is 37.1 Å². The van der Waals surface area contributed by atoms with Crippen LogP contribution in [0.4, 0.5) is 19.0 Å². The molecule has 1 atom stereocenters. The summed E-state index contributed by atoms with van der Waals surface area (Å²) in [4.78, 5) is 29.4. The number of nitrogens with one attached hydrogen (secondary N) is 2. The Balaban J connectivity index is 2.30. The van der Waals surface area contributed by atoms with Crippen molar-refractivity contribution < 1.29 is 22.8 Å². The Morgan fingerprint density at radius 1 is 1.44 bits per heavy atom. The molecule has 2 rings (SSSR count). The quantitative estimate of drug-likeness (QED) is 0.431. The number of aldehydes is 1. The molecule has 0 spiro atoms. The van der Waals surface area contributed by atoms with Gasteiger partial charge in [-0.2, -0.15) is 13.2 Å². The zero-order chi connectivity index (χ0) is 20.2. The fourth-order valence-electron chi connectivity index (χ4n) is 2.82. The molecule has 146 valence electrons. The normalized spacial score (nSPS) is 16.2. The number of amides is 1. The summed E-state index contributed by atoms with van der Waals surface area (Å²) in [5, 5.41) is 5.14. The third kappa shape index (κ3) is 4.87. The third-order valence-corrected chi connectivity index (χ3v) is 4.21. The van der Waals surface area contributed by atoms with Crippen LogP contribution in [0.15, 0.2) is 35.7 Å². The second-order valence-corrected chi connectivity index (χ2v) is 6.19. The molecule has 1 aliphatic heterocycles. The van der Waals surface area contributed by atoms with Crippen molar-refractivity contribution in [1.29, 1.82) is 0 Å². The maximum absolute atomic E-state index is 12.8. The Morgan fingerprint density at radius 2 is 2.15 bits per heavy atom. The monoisotopic (exact) mass is 382 g/mol. The molecule has 0 radical (unpaired) electrons. The number of hydrogen-bond acceptors (Lipinski definition) is 5. The summed E-state index contributed by atoms with van der Waals surface area (Å²) in [7, 11) is 1.70. The first kappa shape index (κ1) is 20.5. The van der Waals surface area contributed by atoms with Crippen molar-refractivity contribution in [2.24, 2.45) is 0 Å². The average Bonchev–Trinajstić information content (AvgIpc) is 2.96. The zero-order valence-corrected chi connectivity index (χ0v) is 15.2. The number of pyridine rings is 1. The predicted octanol–water partition coefficient (Wildman–Crippen LogP) is 2.65. The molecule has 0 aliphatic carbocycles. The minimum atomic E-state index is -4.37. The highest BCUT2D eigenvalue weighted by molar-refractivity contribution is 6.00. The Labute approximate surface area is 155 Å². The number of anilines is 1. The van der Waals surface area contributed by atoms with Crippen LogP contribution < -0.4 is 10.6 Å². The van der Waals surface area contributed by atoms with Crippen LogP contribution in [0.2, 0.25) is 0 Å². The van der Waals surface area contributed by atoms with E-state index in [9.17, 15) is 22.8 Å². The largest absolute Gasteiger partial charge is 0.405 e. The average molecular weight is 382 g/mol. The Bertz CT molecular complexity index is 787. The van der Waals surface area contributed by atoms with E-state index < -0.39 is 18.8 Å². The van der Waals surface area contributed by atoms with Gasteiger partial charge < -0.3 is 15.5 Å². The first-order valence-corrected chi connectivity index (χ1v) is 8.28. The molecule has 1 aliphatic rings. The molecule has 27 heavy (non-hydrogen) atoms. The van der Waals surface area contributed by atoms with Crippen LogP contribution in [-0.4, -0.2) is 47.9 Å². The zero-order valence-electron chi connectivity index (χ0n) is 15.2. The lowest BCUT2D eigenvalue weighted by molar-refractivity contribution is -0.122. The van der Waals surface area contributed by atoms with E-state index in [1.807, 2.05) is 0 Å². The van der Waals surface area contributed by atoms with Crippen LogP contribution in [0.25, 0.3) is 0 Å². The van der Waals surface area contributed by atoms with Crippen molar-refractivity contribution in [1.82, 2.24) is 15.2 Å². The van der Waals surface area contributed by atoms with Crippen molar-refractivity contribution in [3.05, 3.63) is 46.8 Å². The summed E-state index contributed by atoms with van der Waals surface area (Å²) in [6, 6.07) is 1.06. The van der Waals surface area contributed by atoms with Gasteiger partial charge in [0.1, 0.15) is 18.6 Å². The maximum Gasteiger partial charge on any atom is 0.405 e. The first-order chi connectivity index (χ1) is 12.7. The lowest BCUT2D eigenvalue weighted by atomic mass is 10.1. The smallest absolute Gasteiger partial charge is 0.382 e. The third-order valence-electron chi connectivity index (χ3n) is 4.21. The van der Waals surface area contributed by atoms with Crippen molar-refractivity contribution in [3.8, 4) is 0 Å². The van der Waals surface area contributed by atoms with Crippen LogP contribution in [0.1, 0.15) is 29.8 Å². The van der Waals surface area contributed by atoms with E-state index in [1.54, 1.807) is 27.0 Å². The highest BCUT2D eigenvalue weighted by Crippen LogP contribution is 2.30. The van der Waals surface area contributed by atoms with Crippen molar-refractivity contribution >= 4 is 18.0 Å². The minimum absolute atomic E-state index is 0.240. The molecule has 0 saturated carbocycles. The summed E-state index contributed by atoms with van der Waals surface area (Å²) in [6.07, 6.45) is 0.414. The Morgan fingerprint density at radius 3 is 2.74 bits per heavy atom. The van der Waals surface area contributed by atoms with Gasteiger partial charge in [-0.15, -0.1) is 0 Å². The number of carbonyl (C=O) groups is 2. The van der Waals surface area contributed by atoms with Crippen molar-refractivity contribution in [3.63, 3.8) is 0 Å². The van der Waals surface area contributed by atoms with E-state index in [0.717, 1.165) is 5.56 Å². The summed E-state index contributed by atoms with van der Waals surface area (Å²) in [5.41, 5.74) is 1.96. The lowest BCUT2D eigenvalue weighted by Gasteiger charge is -2.26. The molecular weight excluding hydrogens is 361 g/mol. The molecule has 2 heterocycles. The molecule has 1 aromatic heterocycles. The summed E-state index contributed by atoms with van der Waals surface area (Å²) in [6.45, 7) is 2.30. The number of fused-ring (bicyclic) bond motifs is 1. The van der Waals surface area contributed by atoms with Gasteiger partial charge in [0.25, 0.3) is 5.91 Å². The molecule has 1 aromatic rings. The molecule has 0 bridgehead atoms. The summed E-state index contributed by atoms with van der Waals surface area (Å²) < 4.78 is 37.3. The number of aromatic nitrogens is 1. The molecule has 6 nitrogen and oxygen atoms in total. The fraction of sp³-hybridized carbons (Fsp3) is 0.389. The molecule has 2 N–H and O–H groups in total. The number of alkyl halides is 3. The highest BCUT2D eigenvalue weighted by atomic mass is 19.4. The van der Waals surface area contributed by atoms with Crippen LogP contribution in [0.3, 0.4) is 0 Å². The Hall–Kier alpha value is -2.84. The number of allylic oxidation sites excluding steroid dienone is 1. The van der Waals surface area contributed by atoms with E-state index in [0.29, 0.717) is 28.8 Å². The van der Waals surface area contributed by atoms with E-state index in [-0.39, 0.29) is 12.5 Å². The summed E-state index contributed by atoms with van der Waals surface area (Å²) >= 11 is 0. The van der Waals surface area contributed by atoms with Gasteiger partial charge in [0.2, 0.25) is 0 Å². The van der Waals surface area contributed by atoms with E-state index >= 15 is 0 Å². The van der Waals surface area contributed by atoms with Gasteiger partial charge in [-0.1, -0.05) is 0 Å². The van der Waals surface area contributed by atoms with Crippen molar-refractivity contribution in [2.75, 3.05) is 18.9 Å². The second-order valence-electron chi connectivity index (χ2n) is 6.19. The first-order valence-electron chi connectivity index (χ1n) is 8.28. The standard InChI is InChI=1S/C18H21F3N4O2/c1-11(9-26)6-13(7-23-10-18(19,20)21)12(2)25-8-15-14(17(25)27)4-5-24-16(15)22-3/h4-7,9,12,23H,8,10H2,1-3H3,(H,22,24).